The third kappa shape index (κ3) is 4.62. The van der Waals surface area contributed by atoms with Gasteiger partial charge in [-0.1, -0.05) is 19.9 Å². The van der Waals surface area contributed by atoms with Crippen LogP contribution in [0.2, 0.25) is 0 Å². The van der Waals surface area contributed by atoms with Crippen molar-refractivity contribution < 1.29 is 9.47 Å². The average molecular weight is 384 g/mol. The van der Waals surface area contributed by atoms with E-state index in [4.69, 9.17) is 9.47 Å². The predicted octanol–water partition coefficient (Wildman–Crippen LogP) is 2.38. The molecule has 0 saturated carbocycles. The molecule has 8 nitrogen and oxygen atoms in total. The van der Waals surface area contributed by atoms with Gasteiger partial charge in [0.15, 0.2) is 17.3 Å². The van der Waals surface area contributed by atoms with E-state index in [0.29, 0.717) is 18.7 Å². The number of nitrogens with one attached hydrogen (secondary N) is 1. The fraction of sp³-hybridized carbons (Fsp3) is 0.550. The molecule has 0 unspecified atom stereocenters. The maximum Gasteiger partial charge on any atom is 0.244 e. The number of aromatic nitrogens is 3. The van der Waals surface area contributed by atoms with E-state index in [1.165, 1.54) is 5.56 Å². The third-order valence-electron chi connectivity index (χ3n) is 5.09. The molecule has 0 spiro atoms. The number of hydrogen-bond donors (Lipinski definition) is 1. The van der Waals surface area contributed by atoms with Crippen LogP contribution >= 0.6 is 0 Å². The SMILES string of the molecule is CC(C)CCNc1nncc(N2CCN(Cc3ccc4c(c3)OCO4)CC2)n1. The van der Waals surface area contributed by atoms with Crippen molar-refractivity contribution in [2.75, 3.05) is 49.7 Å². The summed E-state index contributed by atoms with van der Waals surface area (Å²) in [6, 6.07) is 6.19. The first kappa shape index (κ1) is 18.7. The maximum atomic E-state index is 5.48. The van der Waals surface area contributed by atoms with E-state index in [2.05, 4.69) is 56.3 Å². The van der Waals surface area contributed by atoms with E-state index < -0.39 is 0 Å². The van der Waals surface area contributed by atoms with Crippen LogP contribution in [0.15, 0.2) is 24.4 Å². The molecular formula is C20H28N6O2. The number of anilines is 2. The second-order valence-electron chi connectivity index (χ2n) is 7.70. The van der Waals surface area contributed by atoms with Crippen molar-refractivity contribution >= 4 is 11.8 Å². The molecule has 1 saturated heterocycles. The van der Waals surface area contributed by atoms with Gasteiger partial charge in [-0.25, -0.2) is 0 Å². The topological polar surface area (TPSA) is 75.6 Å². The van der Waals surface area contributed by atoms with Gasteiger partial charge in [0, 0.05) is 39.3 Å². The minimum absolute atomic E-state index is 0.318. The van der Waals surface area contributed by atoms with Crippen molar-refractivity contribution in [3.63, 3.8) is 0 Å². The minimum Gasteiger partial charge on any atom is -0.454 e. The van der Waals surface area contributed by atoms with Crippen molar-refractivity contribution in [1.29, 1.82) is 0 Å². The molecule has 2 aliphatic heterocycles. The monoisotopic (exact) mass is 384 g/mol. The molecule has 28 heavy (non-hydrogen) atoms. The first-order chi connectivity index (χ1) is 13.7. The summed E-state index contributed by atoms with van der Waals surface area (Å²) in [7, 11) is 0. The highest BCUT2D eigenvalue weighted by atomic mass is 16.7. The smallest absolute Gasteiger partial charge is 0.244 e. The van der Waals surface area contributed by atoms with E-state index >= 15 is 0 Å². The van der Waals surface area contributed by atoms with Crippen LogP contribution in [0.25, 0.3) is 0 Å². The molecular weight excluding hydrogens is 356 g/mol. The van der Waals surface area contributed by atoms with Crippen LogP contribution in [0.4, 0.5) is 11.8 Å². The molecule has 4 rings (SSSR count). The Bertz CT molecular complexity index is 792. The molecule has 0 bridgehead atoms. The van der Waals surface area contributed by atoms with Crippen molar-refractivity contribution in [3.05, 3.63) is 30.0 Å². The summed E-state index contributed by atoms with van der Waals surface area (Å²) in [5.74, 6) is 3.84. The van der Waals surface area contributed by atoms with Crippen LogP contribution in [-0.2, 0) is 6.54 Å². The van der Waals surface area contributed by atoms with Gasteiger partial charge < -0.3 is 19.7 Å². The molecule has 1 aromatic heterocycles. The van der Waals surface area contributed by atoms with Gasteiger partial charge in [0.05, 0.1) is 6.20 Å². The molecule has 0 atom stereocenters. The summed E-state index contributed by atoms with van der Waals surface area (Å²) in [4.78, 5) is 9.36. The lowest BCUT2D eigenvalue weighted by atomic mass is 10.1. The molecule has 0 radical (unpaired) electrons. The highest BCUT2D eigenvalue weighted by Gasteiger charge is 2.20. The molecule has 150 valence electrons. The standard InChI is InChI=1S/C20H28N6O2/c1-15(2)5-6-21-20-23-19(12-22-24-20)26-9-7-25(8-10-26)13-16-3-4-17-18(11-16)28-14-27-17/h3-4,11-12,15H,5-10,13-14H2,1-2H3,(H,21,23,24). The van der Waals surface area contributed by atoms with Gasteiger partial charge in [-0.2, -0.15) is 10.1 Å². The van der Waals surface area contributed by atoms with Gasteiger partial charge in [-0.3, -0.25) is 4.90 Å². The number of hydrogen-bond acceptors (Lipinski definition) is 8. The van der Waals surface area contributed by atoms with Crippen LogP contribution in [0.5, 0.6) is 11.5 Å². The quantitative estimate of drug-likeness (QED) is 0.780. The predicted molar refractivity (Wildman–Crippen MR) is 108 cm³/mol. The van der Waals surface area contributed by atoms with Gasteiger partial charge in [0.25, 0.3) is 0 Å². The highest BCUT2D eigenvalue weighted by molar-refractivity contribution is 5.44. The van der Waals surface area contributed by atoms with E-state index in [9.17, 15) is 0 Å². The molecule has 3 heterocycles. The number of fused-ring (bicyclic) bond motifs is 1. The molecule has 0 amide bonds. The summed E-state index contributed by atoms with van der Waals surface area (Å²) in [6.07, 6.45) is 2.84. The van der Waals surface area contributed by atoms with Crippen LogP contribution < -0.4 is 19.7 Å². The Morgan fingerprint density at radius 3 is 2.75 bits per heavy atom. The maximum absolute atomic E-state index is 5.48. The van der Waals surface area contributed by atoms with Crippen LogP contribution in [0, 0.1) is 5.92 Å². The summed E-state index contributed by atoms with van der Waals surface area (Å²) in [5, 5.41) is 11.5. The first-order valence-corrected chi connectivity index (χ1v) is 9.97. The number of nitrogens with zero attached hydrogens (tertiary/aromatic N) is 5. The van der Waals surface area contributed by atoms with Crippen molar-refractivity contribution in [3.8, 4) is 11.5 Å². The van der Waals surface area contributed by atoms with Crippen LogP contribution in [-0.4, -0.2) is 59.6 Å². The highest BCUT2D eigenvalue weighted by Crippen LogP contribution is 2.32. The Morgan fingerprint density at radius 1 is 1.11 bits per heavy atom. The zero-order valence-electron chi connectivity index (χ0n) is 16.6. The van der Waals surface area contributed by atoms with E-state index in [1.54, 1.807) is 6.20 Å². The fourth-order valence-electron chi connectivity index (χ4n) is 3.43. The molecule has 1 N–H and O–H groups in total. The first-order valence-electron chi connectivity index (χ1n) is 9.97. The summed E-state index contributed by atoms with van der Waals surface area (Å²) in [6.45, 7) is 10.3. The molecule has 2 aromatic rings. The van der Waals surface area contributed by atoms with Gasteiger partial charge in [-0.15, -0.1) is 5.10 Å². The Hall–Kier alpha value is -2.61. The van der Waals surface area contributed by atoms with Gasteiger partial charge >= 0.3 is 0 Å². The Balaban J connectivity index is 1.29. The summed E-state index contributed by atoms with van der Waals surface area (Å²) >= 11 is 0. The normalized spacial score (nSPS) is 16.6. The van der Waals surface area contributed by atoms with Crippen molar-refractivity contribution in [2.45, 2.75) is 26.8 Å². The fourth-order valence-corrected chi connectivity index (χ4v) is 3.43. The molecule has 1 aromatic carbocycles. The summed E-state index contributed by atoms with van der Waals surface area (Å²) in [5.41, 5.74) is 1.25. The molecule has 8 heteroatoms. The van der Waals surface area contributed by atoms with Crippen LogP contribution in [0.3, 0.4) is 0 Å². The number of rotatable bonds is 7. The van der Waals surface area contributed by atoms with E-state index in [-0.39, 0.29) is 0 Å². The summed E-state index contributed by atoms with van der Waals surface area (Å²) < 4.78 is 10.9. The van der Waals surface area contributed by atoms with E-state index in [1.807, 2.05) is 6.07 Å². The second kappa shape index (κ2) is 8.60. The van der Waals surface area contributed by atoms with Gasteiger partial charge in [0.1, 0.15) is 0 Å². The lowest BCUT2D eigenvalue weighted by Crippen LogP contribution is -2.46. The zero-order valence-corrected chi connectivity index (χ0v) is 16.6. The number of benzene rings is 1. The Morgan fingerprint density at radius 2 is 1.93 bits per heavy atom. The second-order valence-corrected chi connectivity index (χ2v) is 7.70. The lowest BCUT2D eigenvalue weighted by molar-refractivity contribution is 0.174. The molecule has 2 aliphatic rings. The van der Waals surface area contributed by atoms with Crippen molar-refractivity contribution in [2.24, 2.45) is 5.92 Å². The van der Waals surface area contributed by atoms with Crippen LogP contribution in [0.1, 0.15) is 25.8 Å². The number of ether oxygens (including phenoxy) is 2. The Kier molecular flexibility index (Phi) is 5.76. The molecule has 1 fully saturated rings. The zero-order chi connectivity index (χ0) is 19.3. The Labute approximate surface area is 165 Å². The largest absolute Gasteiger partial charge is 0.454 e. The number of piperazine rings is 1. The lowest BCUT2D eigenvalue weighted by Gasteiger charge is -2.35. The van der Waals surface area contributed by atoms with Gasteiger partial charge in [0.2, 0.25) is 12.7 Å². The average Bonchev–Trinajstić information content (AvgIpc) is 3.16. The van der Waals surface area contributed by atoms with Crippen molar-refractivity contribution in [1.82, 2.24) is 20.1 Å². The third-order valence-corrected chi connectivity index (χ3v) is 5.09. The van der Waals surface area contributed by atoms with E-state index in [0.717, 1.165) is 63.0 Å². The minimum atomic E-state index is 0.318. The van der Waals surface area contributed by atoms with Gasteiger partial charge in [-0.05, 0) is 30.0 Å². The molecule has 0 aliphatic carbocycles.